The molecule has 0 saturated heterocycles. The summed E-state index contributed by atoms with van der Waals surface area (Å²) in [5.41, 5.74) is 2.69. The number of hydrogen-bond acceptors (Lipinski definition) is 3. The highest BCUT2D eigenvalue weighted by Gasteiger charge is 2.10. The summed E-state index contributed by atoms with van der Waals surface area (Å²) in [4.78, 5) is 0. The zero-order chi connectivity index (χ0) is 8.81. The van der Waals surface area contributed by atoms with Gasteiger partial charge in [0.15, 0.2) is 0 Å². The molecule has 1 unspecified atom stereocenters. The number of hydrogen-bond donors (Lipinski definition) is 2. The van der Waals surface area contributed by atoms with Crippen molar-refractivity contribution in [2.75, 3.05) is 5.88 Å². The van der Waals surface area contributed by atoms with Gasteiger partial charge in [0.1, 0.15) is 5.76 Å². The second-order valence-corrected chi connectivity index (χ2v) is 2.94. The summed E-state index contributed by atoms with van der Waals surface area (Å²) in [6, 6.07) is 3.83. The smallest absolute Gasteiger partial charge is 0.122 e. The van der Waals surface area contributed by atoms with Crippen LogP contribution in [0.1, 0.15) is 24.6 Å². The molecule has 1 aromatic rings. The Hall–Kier alpha value is -0.510. The van der Waals surface area contributed by atoms with Crippen molar-refractivity contribution in [2.45, 2.75) is 18.9 Å². The van der Waals surface area contributed by atoms with Crippen LogP contribution in [-0.4, -0.2) is 5.88 Å². The van der Waals surface area contributed by atoms with E-state index in [1.807, 2.05) is 12.1 Å². The van der Waals surface area contributed by atoms with Gasteiger partial charge in [-0.15, -0.1) is 11.6 Å². The molecule has 4 heteroatoms. The van der Waals surface area contributed by atoms with E-state index in [0.717, 1.165) is 18.6 Å². The van der Waals surface area contributed by atoms with Gasteiger partial charge in [0, 0.05) is 5.88 Å². The summed E-state index contributed by atoms with van der Waals surface area (Å²) in [6.07, 6.45) is 3.46. The minimum absolute atomic E-state index is 0.0822. The number of nitrogens with two attached hydrogens (primary N) is 1. The Bertz CT molecular complexity index is 201. The maximum Gasteiger partial charge on any atom is 0.122 e. The van der Waals surface area contributed by atoms with Crippen LogP contribution in [0.3, 0.4) is 0 Å². The maximum atomic E-state index is 5.56. The van der Waals surface area contributed by atoms with Crippen LogP contribution >= 0.6 is 11.6 Å². The molecule has 0 aliphatic carbocycles. The Morgan fingerprint density at radius 1 is 1.67 bits per heavy atom. The van der Waals surface area contributed by atoms with E-state index >= 15 is 0 Å². The number of nitrogens with one attached hydrogen (secondary N) is 1. The molecule has 3 nitrogen and oxygen atoms in total. The summed E-state index contributed by atoms with van der Waals surface area (Å²) < 4.78 is 5.20. The molecule has 0 saturated carbocycles. The van der Waals surface area contributed by atoms with E-state index in [9.17, 15) is 0 Å². The fourth-order valence-corrected chi connectivity index (χ4v) is 1.23. The van der Waals surface area contributed by atoms with Crippen molar-refractivity contribution in [1.82, 2.24) is 5.43 Å². The number of halogens is 1. The molecule has 0 aliphatic heterocycles. The van der Waals surface area contributed by atoms with Gasteiger partial charge < -0.3 is 4.42 Å². The molecule has 0 aliphatic rings. The van der Waals surface area contributed by atoms with E-state index in [0.29, 0.717) is 5.88 Å². The van der Waals surface area contributed by atoms with Crippen molar-refractivity contribution in [3.63, 3.8) is 0 Å². The van der Waals surface area contributed by atoms with Crippen LogP contribution in [-0.2, 0) is 0 Å². The zero-order valence-corrected chi connectivity index (χ0v) is 7.55. The molecule has 0 aromatic carbocycles. The lowest BCUT2D eigenvalue weighted by Crippen LogP contribution is -2.27. The van der Waals surface area contributed by atoms with E-state index in [2.05, 4.69) is 5.43 Å². The molecular weight excluding hydrogens is 176 g/mol. The number of rotatable bonds is 5. The lowest BCUT2D eigenvalue weighted by Gasteiger charge is -2.11. The summed E-state index contributed by atoms with van der Waals surface area (Å²) in [6.45, 7) is 0. The Balaban J connectivity index is 2.45. The van der Waals surface area contributed by atoms with E-state index in [1.54, 1.807) is 6.26 Å². The molecule has 1 aromatic heterocycles. The molecule has 3 N–H and O–H groups in total. The molecule has 0 amide bonds. The lowest BCUT2D eigenvalue weighted by atomic mass is 10.1. The molecule has 0 radical (unpaired) electrons. The normalized spacial score (nSPS) is 13.2. The average Bonchev–Trinajstić information content (AvgIpc) is 2.59. The Morgan fingerprint density at radius 3 is 3.00 bits per heavy atom. The van der Waals surface area contributed by atoms with Crippen molar-refractivity contribution >= 4 is 11.6 Å². The van der Waals surface area contributed by atoms with Crippen LogP contribution in [0.25, 0.3) is 0 Å². The predicted molar refractivity (Wildman–Crippen MR) is 48.7 cm³/mol. The zero-order valence-electron chi connectivity index (χ0n) is 6.79. The predicted octanol–water partition coefficient (Wildman–Crippen LogP) is 1.80. The maximum absolute atomic E-state index is 5.56. The van der Waals surface area contributed by atoms with Gasteiger partial charge in [0.2, 0.25) is 0 Å². The van der Waals surface area contributed by atoms with E-state index < -0.39 is 0 Å². The fraction of sp³-hybridized carbons (Fsp3) is 0.500. The first kappa shape index (κ1) is 9.58. The standard InChI is InChI=1S/C8H13ClN2O/c9-5-1-3-7(11-10)8-4-2-6-12-8/h2,4,6-7,11H,1,3,5,10H2. The van der Waals surface area contributed by atoms with Gasteiger partial charge in [-0.05, 0) is 25.0 Å². The molecule has 12 heavy (non-hydrogen) atoms. The van der Waals surface area contributed by atoms with Crippen LogP contribution in [0, 0.1) is 0 Å². The van der Waals surface area contributed by atoms with Gasteiger partial charge in [0.05, 0.1) is 12.3 Å². The SMILES string of the molecule is NNC(CCCCl)c1ccco1. The average molecular weight is 189 g/mol. The van der Waals surface area contributed by atoms with Crippen molar-refractivity contribution in [3.8, 4) is 0 Å². The van der Waals surface area contributed by atoms with Crippen LogP contribution in [0.4, 0.5) is 0 Å². The second-order valence-electron chi connectivity index (χ2n) is 2.57. The van der Waals surface area contributed by atoms with Gasteiger partial charge in [0.25, 0.3) is 0 Å². The number of furan rings is 1. The Morgan fingerprint density at radius 2 is 2.50 bits per heavy atom. The topological polar surface area (TPSA) is 51.2 Å². The highest BCUT2D eigenvalue weighted by atomic mass is 35.5. The van der Waals surface area contributed by atoms with Crippen LogP contribution < -0.4 is 11.3 Å². The number of hydrazine groups is 1. The Kier molecular flexibility index (Phi) is 4.14. The van der Waals surface area contributed by atoms with E-state index in [4.69, 9.17) is 21.9 Å². The largest absolute Gasteiger partial charge is 0.468 e. The molecule has 0 bridgehead atoms. The first-order chi connectivity index (χ1) is 5.88. The van der Waals surface area contributed by atoms with Crippen molar-refractivity contribution in [3.05, 3.63) is 24.2 Å². The minimum atomic E-state index is 0.0822. The van der Waals surface area contributed by atoms with E-state index in [1.165, 1.54) is 0 Å². The van der Waals surface area contributed by atoms with Crippen molar-refractivity contribution in [1.29, 1.82) is 0 Å². The number of alkyl halides is 1. The van der Waals surface area contributed by atoms with Crippen LogP contribution in [0.5, 0.6) is 0 Å². The highest BCUT2D eigenvalue weighted by Crippen LogP contribution is 2.17. The van der Waals surface area contributed by atoms with Gasteiger partial charge in [-0.2, -0.15) is 0 Å². The third-order valence-electron chi connectivity index (χ3n) is 1.71. The molecule has 1 atom stereocenters. The molecule has 0 fully saturated rings. The minimum Gasteiger partial charge on any atom is -0.468 e. The van der Waals surface area contributed by atoms with Gasteiger partial charge in [-0.3, -0.25) is 5.84 Å². The fourth-order valence-electron chi connectivity index (χ4n) is 1.08. The third-order valence-corrected chi connectivity index (χ3v) is 1.98. The molecular formula is C8H13ClN2O. The lowest BCUT2D eigenvalue weighted by molar-refractivity contribution is 0.399. The van der Waals surface area contributed by atoms with Gasteiger partial charge >= 0.3 is 0 Å². The first-order valence-corrected chi connectivity index (χ1v) is 4.47. The highest BCUT2D eigenvalue weighted by molar-refractivity contribution is 6.17. The van der Waals surface area contributed by atoms with Crippen molar-refractivity contribution < 1.29 is 4.42 Å². The molecule has 1 rings (SSSR count). The molecule has 0 spiro atoms. The molecule has 1 heterocycles. The van der Waals surface area contributed by atoms with Gasteiger partial charge in [-0.25, -0.2) is 5.43 Å². The Labute approximate surface area is 76.8 Å². The summed E-state index contributed by atoms with van der Waals surface area (Å²) in [5.74, 6) is 6.87. The summed E-state index contributed by atoms with van der Waals surface area (Å²) in [5, 5.41) is 0. The third kappa shape index (κ3) is 2.52. The monoisotopic (exact) mass is 188 g/mol. The summed E-state index contributed by atoms with van der Waals surface area (Å²) in [7, 11) is 0. The van der Waals surface area contributed by atoms with Crippen molar-refractivity contribution in [2.24, 2.45) is 5.84 Å². The van der Waals surface area contributed by atoms with Crippen LogP contribution in [0.2, 0.25) is 0 Å². The van der Waals surface area contributed by atoms with E-state index in [-0.39, 0.29) is 6.04 Å². The molecule has 68 valence electrons. The summed E-state index contributed by atoms with van der Waals surface area (Å²) >= 11 is 5.56. The quantitative estimate of drug-likeness (QED) is 0.421. The second kappa shape index (κ2) is 5.19. The van der Waals surface area contributed by atoms with Crippen LogP contribution in [0.15, 0.2) is 22.8 Å². The van der Waals surface area contributed by atoms with Gasteiger partial charge in [-0.1, -0.05) is 0 Å². The first-order valence-electron chi connectivity index (χ1n) is 3.94.